The van der Waals surface area contributed by atoms with Crippen LogP contribution in [-0.4, -0.2) is 41.9 Å². The molecule has 29 heavy (non-hydrogen) atoms. The van der Waals surface area contributed by atoms with E-state index in [1.165, 1.54) is 43.9 Å². The molecule has 1 aliphatic heterocycles. The van der Waals surface area contributed by atoms with Crippen LogP contribution in [-0.2, 0) is 4.79 Å². The molecule has 5 unspecified atom stereocenters. The van der Waals surface area contributed by atoms with Crippen molar-refractivity contribution in [1.29, 1.82) is 5.26 Å². The number of hydrogen-bond acceptors (Lipinski definition) is 4. The minimum Gasteiger partial charge on any atom is -0.366 e. The lowest BCUT2D eigenvalue weighted by molar-refractivity contribution is -0.130. The Bertz CT molecular complexity index is 793. The molecule has 1 aromatic carbocycles. The third kappa shape index (κ3) is 4.94. The van der Waals surface area contributed by atoms with Crippen LogP contribution in [0.2, 0.25) is 0 Å². The molecule has 1 saturated heterocycles. The van der Waals surface area contributed by atoms with E-state index in [1.807, 2.05) is 0 Å². The topological polar surface area (TPSA) is 99.2 Å². The van der Waals surface area contributed by atoms with Crippen molar-refractivity contribution < 1.29 is 14.0 Å². The Labute approximate surface area is 171 Å². The molecule has 156 valence electrons. The van der Waals surface area contributed by atoms with Gasteiger partial charge in [0.1, 0.15) is 11.9 Å². The minimum absolute atomic E-state index is 0.0671. The fourth-order valence-corrected chi connectivity index (χ4v) is 4.77. The number of nitriles is 1. The van der Waals surface area contributed by atoms with E-state index in [1.54, 1.807) is 11.0 Å². The van der Waals surface area contributed by atoms with E-state index in [4.69, 9.17) is 11.0 Å². The highest BCUT2D eigenvalue weighted by molar-refractivity contribution is 5.92. The Hall–Kier alpha value is -2.46. The van der Waals surface area contributed by atoms with Crippen molar-refractivity contribution in [1.82, 2.24) is 10.2 Å². The molecule has 5 atom stereocenters. The smallest absolute Gasteiger partial charge is 0.251 e. The maximum Gasteiger partial charge on any atom is 0.251 e. The van der Waals surface area contributed by atoms with Crippen LogP contribution in [0.1, 0.15) is 49.4 Å². The molecule has 6 nitrogen and oxygen atoms in total. The van der Waals surface area contributed by atoms with Gasteiger partial charge in [-0.05, 0) is 62.0 Å². The molecule has 2 saturated carbocycles. The van der Waals surface area contributed by atoms with Crippen molar-refractivity contribution in [3.8, 4) is 6.07 Å². The number of nitrogens with one attached hydrogen (secondary N) is 1. The Balaban J connectivity index is 0.000000204. The molecule has 4 rings (SSSR count). The SMILES string of the molecule is CC1CC(C#N)N(C(=O)CNC2CCC3CCC32)C1.NC(=O)c1ccccc1F. The first-order valence-electron chi connectivity index (χ1n) is 10.4. The molecule has 0 bridgehead atoms. The summed E-state index contributed by atoms with van der Waals surface area (Å²) in [4.78, 5) is 24.4. The number of fused-ring (bicyclic) bond motifs is 1. The Morgan fingerprint density at radius 1 is 1.28 bits per heavy atom. The maximum absolute atomic E-state index is 12.5. The van der Waals surface area contributed by atoms with Gasteiger partial charge in [0.05, 0.1) is 18.2 Å². The quantitative estimate of drug-likeness (QED) is 0.811. The number of nitrogens with zero attached hydrogens (tertiary/aromatic N) is 2. The summed E-state index contributed by atoms with van der Waals surface area (Å²) in [6.07, 6.45) is 6.10. The molecule has 2 aliphatic carbocycles. The van der Waals surface area contributed by atoms with Crippen molar-refractivity contribution in [2.24, 2.45) is 23.5 Å². The fourth-order valence-electron chi connectivity index (χ4n) is 4.77. The molecule has 3 aliphatic rings. The van der Waals surface area contributed by atoms with E-state index in [2.05, 4.69) is 18.3 Å². The molecule has 0 aromatic heterocycles. The van der Waals surface area contributed by atoms with Crippen molar-refractivity contribution in [2.45, 2.75) is 51.1 Å². The average Bonchev–Trinajstić information content (AvgIpc) is 3.19. The van der Waals surface area contributed by atoms with Crippen LogP contribution < -0.4 is 11.1 Å². The Morgan fingerprint density at radius 2 is 2.00 bits per heavy atom. The number of rotatable bonds is 4. The number of halogens is 1. The van der Waals surface area contributed by atoms with Crippen LogP contribution >= 0.6 is 0 Å². The highest BCUT2D eigenvalue weighted by Crippen LogP contribution is 2.46. The number of primary amides is 1. The van der Waals surface area contributed by atoms with E-state index in [0.717, 1.165) is 24.8 Å². The summed E-state index contributed by atoms with van der Waals surface area (Å²) >= 11 is 0. The van der Waals surface area contributed by atoms with Gasteiger partial charge in [-0.3, -0.25) is 9.59 Å². The lowest BCUT2D eigenvalue weighted by Crippen LogP contribution is -2.46. The predicted octanol–water partition coefficient (Wildman–Crippen LogP) is 2.45. The molecular formula is C22H29FN4O2. The second-order valence-corrected chi connectivity index (χ2v) is 8.44. The molecule has 2 amide bonds. The van der Waals surface area contributed by atoms with Crippen LogP contribution in [0.15, 0.2) is 24.3 Å². The molecule has 1 aromatic rings. The van der Waals surface area contributed by atoms with Crippen LogP contribution in [0.25, 0.3) is 0 Å². The van der Waals surface area contributed by atoms with Gasteiger partial charge in [0, 0.05) is 12.6 Å². The van der Waals surface area contributed by atoms with Crippen LogP contribution in [0.4, 0.5) is 4.39 Å². The van der Waals surface area contributed by atoms with E-state index in [9.17, 15) is 14.0 Å². The fraction of sp³-hybridized carbons (Fsp3) is 0.591. The number of carbonyl (C=O) groups is 2. The highest BCUT2D eigenvalue weighted by atomic mass is 19.1. The molecule has 1 heterocycles. The Morgan fingerprint density at radius 3 is 2.55 bits per heavy atom. The lowest BCUT2D eigenvalue weighted by Gasteiger charge is -2.34. The van der Waals surface area contributed by atoms with Gasteiger partial charge in [0.25, 0.3) is 5.91 Å². The van der Waals surface area contributed by atoms with Gasteiger partial charge in [-0.25, -0.2) is 4.39 Å². The normalized spacial score (nSPS) is 29.8. The predicted molar refractivity (Wildman–Crippen MR) is 107 cm³/mol. The number of hydrogen-bond donors (Lipinski definition) is 2. The highest BCUT2D eigenvalue weighted by Gasteiger charge is 2.42. The van der Waals surface area contributed by atoms with Gasteiger partial charge in [0.15, 0.2) is 0 Å². The summed E-state index contributed by atoms with van der Waals surface area (Å²) in [5, 5.41) is 12.6. The number of nitrogens with two attached hydrogens (primary N) is 1. The number of benzene rings is 1. The van der Waals surface area contributed by atoms with Crippen molar-refractivity contribution >= 4 is 11.8 Å². The standard InChI is InChI=1S/C15H23N3O.C7H6FNO/c1-10-6-12(7-16)18(9-10)15(19)8-17-14-5-3-11-2-4-13(11)14;8-6-4-2-1-3-5(6)7(9)10/h10-14,17H,2-6,8-9H2,1H3;1-4H,(H2,9,10). The molecule has 0 radical (unpaired) electrons. The number of carbonyl (C=O) groups excluding carboxylic acids is 2. The summed E-state index contributed by atoms with van der Waals surface area (Å²) < 4.78 is 12.5. The van der Waals surface area contributed by atoms with Crippen LogP contribution in [0, 0.1) is 34.9 Å². The van der Waals surface area contributed by atoms with Crippen LogP contribution in [0.5, 0.6) is 0 Å². The first kappa shape index (κ1) is 21.3. The van der Waals surface area contributed by atoms with Crippen LogP contribution in [0.3, 0.4) is 0 Å². The molecule has 3 N–H and O–H groups in total. The van der Waals surface area contributed by atoms with Gasteiger partial charge >= 0.3 is 0 Å². The lowest BCUT2D eigenvalue weighted by atomic mass is 9.75. The third-order valence-electron chi connectivity index (χ3n) is 6.48. The van der Waals surface area contributed by atoms with Gasteiger partial charge in [-0.15, -0.1) is 0 Å². The van der Waals surface area contributed by atoms with Gasteiger partial charge in [0.2, 0.25) is 5.91 Å². The second kappa shape index (κ2) is 9.36. The van der Waals surface area contributed by atoms with Crippen molar-refractivity contribution in [3.05, 3.63) is 35.6 Å². The average molecular weight is 400 g/mol. The van der Waals surface area contributed by atoms with Crippen molar-refractivity contribution in [2.75, 3.05) is 13.1 Å². The molecule has 7 heteroatoms. The molecule has 0 spiro atoms. The zero-order valence-electron chi connectivity index (χ0n) is 16.8. The van der Waals surface area contributed by atoms with Gasteiger partial charge in [-0.2, -0.15) is 5.26 Å². The first-order valence-corrected chi connectivity index (χ1v) is 10.4. The Kier molecular flexibility index (Phi) is 6.86. The number of amides is 2. The van der Waals surface area contributed by atoms with Crippen molar-refractivity contribution in [3.63, 3.8) is 0 Å². The maximum atomic E-state index is 12.5. The monoisotopic (exact) mass is 400 g/mol. The second-order valence-electron chi connectivity index (χ2n) is 8.44. The summed E-state index contributed by atoms with van der Waals surface area (Å²) in [6.45, 7) is 3.27. The minimum atomic E-state index is -0.738. The van der Waals surface area contributed by atoms with E-state index in [-0.39, 0.29) is 17.5 Å². The van der Waals surface area contributed by atoms with Gasteiger partial charge in [-0.1, -0.05) is 19.1 Å². The summed E-state index contributed by atoms with van der Waals surface area (Å²) in [5.41, 5.74) is 4.77. The van der Waals surface area contributed by atoms with E-state index < -0.39 is 11.7 Å². The molecule has 3 fully saturated rings. The van der Waals surface area contributed by atoms with E-state index >= 15 is 0 Å². The number of likely N-dealkylation sites (tertiary alicyclic amines) is 1. The van der Waals surface area contributed by atoms with E-state index in [0.29, 0.717) is 18.5 Å². The zero-order valence-corrected chi connectivity index (χ0v) is 16.8. The largest absolute Gasteiger partial charge is 0.366 e. The molecular weight excluding hydrogens is 371 g/mol. The summed E-state index contributed by atoms with van der Waals surface area (Å²) in [6, 6.07) is 8.20. The zero-order chi connectivity index (χ0) is 21.0. The first-order chi connectivity index (χ1) is 13.9. The summed E-state index contributed by atoms with van der Waals surface area (Å²) in [5.74, 6) is 0.992. The third-order valence-corrected chi connectivity index (χ3v) is 6.48. The summed E-state index contributed by atoms with van der Waals surface area (Å²) in [7, 11) is 0. The van der Waals surface area contributed by atoms with Gasteiger partial charge < -0.3 is 16.0 Å².